The summed E-state index contributed by atoms with van der Waals surface area (Å²) in [5.74, 6) is -1.44. The number of sulfonamides is 1. The molecule has 2 aromatic carbocycles. The predicted octanol–water partition coefficient (Wildman–Crippen LogP) is 3.07. The van der Waals surface area contributed by atoms with Crippen LogP contribution in [0.25, 0.3) is 11.1 Å². The first-order chi connectivity index (χ1) is 11.9. The van der Waals surface area contributed by atoms with Gasteiger partial charge in [-0.15, -0.1) is 0 Å². The zero-order valence-corrected chi connectivity index (χ0v) is 14.3. The third kappa shape index (κ3) is 3.89. The number of aliphatic hydroxyl groups excluding tert-OH is 1. The Bertz CT molecular complexity index is 853. The van der Waals surface area contributed by atoms with Crippen molar-refractivity contribution in [2.24, 2.45) is 5.92 Å². The van der Waals surface area contributed by atoms with Crippen LogP contribution in [0.5, 0.6) is 0 Å². The standard InChI is InChI=1S/C18H19F2NO3S/c19-14-6-9-16(17(20)10-14)12-4-7-15(8-5-12)25(23,24)21-18-3-1-2-13(18)11-22/h4-10,13,18,21-22H,1-3,11H2/t13-,18+/m1/s1. The minimum atomic E-state index is -3.72. The summed E-state index contributed by atoms with van der Waals surface area (Å²) < 4.78 is 54.4. The van der Waals surface area contributed by atoms with Gasteiger partial charge in [0, 0.05) is 24.3 Å². The van der Waals surface area contributed by atoms with Crippen LogP contribution >= 0.6 is 0 Å². The number of hydrogen-bond acceptors (Lipinski definition) is 3. The van der Waals surface area contributed by atoms with E-state index >= 15 is 0 Å². The van der Waals surface area contributed by atoms with E-state index in [1.54, 1.807) is 0 Å². The molecule has 1 fully saturated rings. The van der Waals surface area contributed by atoms with Crippen LogP contribution in [0.2, 0.25) is 0 Å². The van der Waals surface area contributed by atoms with E-state index < -0.39 is 21.7 Å². The average molecular weight is 367 g/mol. The van der Waals surface area contributed by atoms with E-state index in [0.29, 0.717) is 12.0 Å². The van der Waals surface area contributed by atoms with Crippen molar-refractivity contribution in [3.8, 4) is 11.1 Å². The fraction of sp³-hybridized carbons (Fsp3) is 0.333. The minimum absolute atomic E-state index is 0.0457. The van der Waals surface area contributed by atoms with Crippen molar-refractivity contribution in [1.82, 2.24) is 4.72 Å². The quantitative estimate of drug-likeness (QED) is 0.854. The molecule has 0 amide bonds. The minimum Gasteiger partial charge on any atom is -0.396 e. The molecule has 0 aromatic heterocycles. The molecule has 7 heteroatoms. The molecule has 0 spiro atoms. The van der Waals surface area contributed by atoms with Gasteiger partial charge >= 0.3 is 0 Å². The molecule has 1 aliphatic rings. The first kappa shape index (κ1) is 18.0. The molecular weight excluding hydrogens is 348 g/mol. The molecule has 0 aliphatic heterocycles. The van der Waals surface area contributed by atoms with Gasteiger partial charge in [-0.1, -0.05) is 18.6 Å². The molecule has 0 radical (unpaired) electrons. The van der Waals surface area contributed by atoms with E-state index in [4.69, 9.17) is 0 Å². The smallest absolute Gasteiger partial charge is 0.240 e. The maximum Gasteiger partial charge on any atom is 0.240 e. The van der Waals surface area contributed by atoms with Gasteiger partial charge in [0.1, 0.15) is 11.6 Å². The largest absolute Gasteiger partial charge is 0.396 e. The molecule has 2 atom stereocenters. The maximum atomic E-state index is 13.8. The lowest BCUT2D eigenvalue weighted by molar-refractivity contribution is 0.213. The second kappa shape index (κ2) is 7.19. The van der Waals surface area contributed by atoms with Crippen LogP contribution in [-0.4, -0.2) is 26.2 Å². The monoisotopic (exact) mass is 367 g/mol. The van der Waals surface area contributed by atoms with Gasteiger partial charge in [-0.3, -0.25) is 0 Å². The normalized spacial score (nSPS) is 20.8. The van der Waals surface area contributed by atoms with Crippen molar-refractivity contribution < 1.29 is 22.3 Å². The molecule has 1 aliphatic carbocycles. The molecule has 0 unspecified atom stereocenters. The summed E-state index contributed by atoms with van der Waals surface area (Å²) in [5, 5.41) is 9.31. The van der Waals surface area contributed by atoms with Crippen LogP contribution in [-0.2, 0) is 10.0 Å². The molecule has 0 saturated heterocycles. The molecule has 4 nitrogen and oxygen atoms in total. The highest BCUT2D eigenvalue weighted by Gasteiger charge is 2.30. The molecule has 1 saturated carbocycles. The summed E-state index contributed by atoms with van der Waals surface area (Å²) in [6, 6.07) is 8.75. The highest BCUT2D eigenvalue weighted by atomic mass is 32.2. The Hall–Kier alpha value is -1.83. The topological polar surface area (TPSA) is 66.4 Å². The lowest BCUT2D eigenvalue weighted by Crippen LogP contribution is -2.38. The van der Waals surface area contributed by atoms with Crippen molar-refractivity contribution in [1.29, 1.82) is 0 Å². The fourth-order valence-electron chi connectivity index (χ4n) is 3.22. The van der Waals surface area contributed by atoms with Gasteiger partial charge in [-0.2, -0.15) is 0 Å². The Morgan fingerprint density at radius 3 is 2.44 bits per heavy atom. The van der Waals surface area contributed by atoms with Crippen LogP contribution in [0.15, 0.2) is 47.4 Å². The van der Waals surface area contributed by atoms with Gasteiger partial charge < -0.3 is 5.11 Å². The first-order valence-electron chi connectivity index (χ1n) is 8.09. The average Bonchev–Trinajstić information content (AvgIpc) is 3.01. The molecule has 134 valence electrons. The third-order valence-corrected chi connectivity index (χ3v) is 6.11. The van der Waals surface area contributed by atoms with E-state index in [0.717, 1.165) is 25.0 Å². The van der Waals surface area contributed by atoms with E-state index in [9.17, 15) is 22.3 Å². The van der Waals surface area contributed by atoms with E-state index in [2.05, 4.69) is 4.72 Å². The summed E-state index contributed by atoms with van der Waals surface area (Å²) >= 11 is 0. The second-order valence-electron chi connectivity index (χ2n) is 6.25. The summed E-state index contributed by atoms with van der Waals surface area (Å²) in [7, 11) is -3.72. The zero-order chi connectivity index (χ0) is 18.0. The number of hydrogen-bond donors (Lipinski definition) is 2. The van der Waals surface area contributed by atoms with E-state index in [1.165, 1.54) is 30.3 Å². The van der Waals surface area contributed by atoms with Gasteiger partial charge in [0.25, 0.3) is 0 Å². The first-order valence-corrected chi connectivity index (χ1v) is 9.58. The highest BCUT2D eigenvalue weighted by Crippen LogP contribution is 2.28. The number of halogens is 2. The SMILES string of the molecule is O=S(=O)(N[C@H]1CCC[C@@H]1CO)c1ccc(-c2ccc(F)cc2F)cc1. The van der Waals surface area contributed by atoms with Crippen molar-refractivity contribution >= 4 is 10.0 Å². The van der Waals surface area contributed by atoms with Gasteiger partial charge in [-0.05, 0) is 48.6 Å². The van der Waals surface area contributed by atoms with Crippen LogP contribution in [0.3, 0.4) is 0 Å². The molecule has 25 heavy (non-hydrogen) atoms. The molecule has 0 heterocycles. The molecule has 3 rings (SSSR count). The Kier molecular flexibility index (Phi) is 5.17. The van der Waals surface area contributed by atoms with Gasteiger partial charge in [0.2, 0.25) is 10.0 Å². The summed E-state index contributed by atoms with van der Waals surface area (Å²) in [4.78, 5) is 0.0716. The van der Waals surface area contributed by atoms with Gasteiger partial charge in [0.15, 0.2) is 0 Å². The van der Waals surface area contributed by atoms with Gasteiger partial charge in [0.05, 0.1) is 4.90 Å². The molecule has 2 N–H and O–H groups in total. The number of benzene rings is 2. The lowest BCUT2D eigenvalue weighted by Gasteiger charge is -2.19. The number of rotatable bonds is 5. The Balaban J connectivity index is 1.81. The van der Waals surface area contributed by atoms with Crippen LogP contribution in [0, 0.1) is 17.6 Å². The second-order valence-corrected chi connectivity index (χ2v) is 7.96. The van der Waals surface area contributed by atoms with Crippen molar-refractivity contribution in [2.75, 3.05) is 6.61 Å². The third-order valence-electron chi connectivity index (χ3n) is 4.61. The summed E-state index contributed by atoms with van der Waals surface area (Å²) in [5.41, 5.74) is 0.667. The van der Waals surface area contributed by atoms with Crippen molar-refractivity contribution in [3.05, 3.63) is 54.1 Å². The van der Waals surface area contributed by atoms with Gasteiger partial charge in [-0.25, -0.2) is 21.9 Å². The van der Waals surface area contributed by atoms with Crippen molar-refractivity contribution in [3.63, 3.8) is 0 Å². The van der Waals surface area contributed by atoms with Crippen LogP contribution in [0.1, 0.15) is 19.3 Å². The molecule has 0 bridgehead atoms. The zero-order valence-electron chi connectivity index (χ0n) is 13.5. The summed E-state index contributed by atoms with van der Waals surface area (Å²) in [6.07, 6.45) is 2.37. The van der Waals surface area contributed by atoms with Crippen molar-refractivity contribution in [2.45, 2.75) is 30.2 Å². The number of nitrogens with one attached hydrogen (secondary N) is 1. The molecular formula is C18H19F2NO3S. The Labute approximate surface area is 145 Å². The molecule has 2 aromatic rings. The van der Waals surface area contributed by atoms with Crippen LogP contribution < -0.4 is 4.72 Å². The maximum absolute atomic E-state index is 13.8. The lowest BCUT2D eigenvalue weighted by atomic mass is 10.1. The number of aliphatic hydroxyl groups is 1. The van der Waals surface area contributed by atoms with E-state index in [-0.39, 0.29) is 29.0 Å². The summed E-state index contributed by atoms with van der Waals surface area (Å²) in [6.45, 7) is -0.0457. The fourth-order valence-corrected chi connectivity index (χ4v) is 4.55. The Morgan fingerprint density at radius 2 is 1.80 bits per heavy atom. The predicted molar refractivity (Wildman–Crippen MR) is 90.3 cm³/mol. The Morgan fingerprint density at radius 1 is 1.08 bits per heavy atom. The van der Waals surface area contributed by atoms with E-state index in [1.807, 2.05) is 0 Å². The highest BCUT2D eigenvalue weighted by molar-refractivity contribution is 7.89. The van der Waals surface area contributed by atoms with Crippen LogP contribution in [0.4, 0.5) is 8.78 Å².